The average molecular weight is 543 g/mol. The van der Waals surface area contributed by atoms with Crippen LogP contribution in [-0.4, -0.2) is 42.3 Å². The first-order valence-corrected chi connectivity index (χ1v) is 14.5. The topological polar surface area (TPSA) is 101 Å². The zero-order valence-corrected chi connectivity index (χ0v) is 22.5. The van der Waals surface area contributed by atoms with E-state index in [4.69, 9.17) is 4.74 Å². The van der Waals surface area contributed by atoms with E-state index in [2.05, 4.69) is 26.8 Å². The van der Waals surface area contributed by atoms with Gasteiger partial charge in [-0.3, -0.25) is 9.52 Å². The minimum atomic E-state index is -3.63. The number of aryl methyl sites for hydroxylation is 1. The zero-order chi connectivity index (χ0) is 27.2. The summed E-state index contributed by atoms with van der Waals surface area (Å²) in [7, 11) is -3.63. The molecule has 1 fully saturated rings. The van der Waals surface area contributed by atoms with Gasteiger partial charge in [-0.15, -0.1) is 0 Å². The van der Waals surface area contributed by atoms with Crippen molar-refractivity contribution >= 4 is 21.6 Å². The molecule has 8 nitrogen and oxygen atoms in total. The Morgan fingerprint density at radius 3 is 2.33 bits per heavy atom. The maximum Gasteiger partial charge on any atom is 0.253 e. The molecule has 0 radical (unpaired) electrons. The number of sulfonamides is 1. The molecule has 0 saturated carbocycles. The molecular weight excluding hydrogens is 512 g/mol. The molecule has 9 heteroatoms. The summed E-state index contributed by atoms with van der Waals surface area (Å²) in [6, 6.07) is 22.2. The Bertz CT molecular complexity index is 1520. The van der Waals surface area contributed by atoms with E-state index in [0.717, 1.165) is 24.2 Å². The molecule has 1 amide bonds. The molecule has 1 aliphatic rings. The lowest BCUT2D eigenvalue weighted by Gasteiger charge is -2.32. The van der Waals surface area contributed by atoms with Gasteiger partial charge >= 0.3 is 0 Å². The number of carbonyl (C=O) groups excluding carboxylic acids is 1. The van der Waals surface area contributed by atoms with E-state index in [1.54, 1.807) is 42.7 Å². The molecule has 3 aromatic carbocycles. The second kappa shape index (κ2) is 11.7. The highest BCUT2D eigenvalue weighted by Gasteiger charge is 2.25. The Balaban J connectivity index is 1.19. The Labute approximate surface area is 228 Å². The summed E-state index contributed by atoms with van der Waals surface area (Å²) in [4.78, 5) is 23.1. The number of anilines is 1. The van der Waals surface area contributed by atoms with E-state index in [1.165, 1.54) is 11.9 Å². The summed E-state index contributed by atoms with van der Waals surface area (Å²) >= 11 is 0. The van der Waals surface area contributed by atoms with Crippen LogP contribution in [0.2, 0.25) is 0 Å². The number of aromatic nitrogens is 2. The zero-order valence-electron chi connectivity index (χ0n) is 21.7. The summed E-state index contributed by atoms with van der Waals surface area (Å²) in [6.07, 6.45) is 6.38. The number of ether oxygens (including phenoxy) is 1. The van der Waals surface area contributed by atoms with Gasteiger partial charge in [-0.25, -0.2) is 18.4 Å². The lowest BCUT2D eigenvalue weighted by Crippen LogP contribution is -2.38. The van der Waals surface area contributed by atoms with E-state index < -0.39 is 10.0 Å². The quantitative estimate of drug-likeness (QED) is 0.314. The van der Waals surface area contributed by atoms with Crippen LogP contribution in [0.25, 0.3) is 0 Å². The van der Waals surface area contributed by atoms with E-state index in [1.807, 2.05) is 42.2 Å². The van der Waals surface area contributed by atoms with Crippen LogP contribution in [0.1, 0.15) is 45.8 Å². The minimum absolute atomic E-state index is 0.0919. The number of likely N-dealkylation sites (tertiary alicyclic amines) is 1. The Morgan fingerprint density at radius 2 is 1.64 bits per heavy atom. The smallest absolute Gasteiger partial charge is 0.253 e. The number of rotatable bonds is 8. The molecule has 1 aliphatic heterocycles. The van der Waals surface area contributed by atoms with Crippen LogP contribution in [0.4, 0.5) is 5.69 Å². The highest BCUT2D eigenvalue weighted by molar-refractivity contribution is 7.91. The van der Waals surface area contributed by atoms with Gasteiger partial charge < -0.3 is 9.64 Å². The lowest BCUT2D eigenvalue weighted by atomic mass is 9.89. The van der Waals surface area contributed by atoms with Crippen LogP contribution < -0.4 is 9.46 Å². The molecule has 0 aliphatic carbocycles. The van der Waals surface area contributed by atoms with Gasteiger partial charge in [0.2, 0.25) is 10.0 Å². The van der Waals surface area contributed by atoms with Crippen LogP contribution in [0.5, 0.6) is 11.5 Å². The fraction of sp³-hybridized carbons (Fsp3) is 0.233. The van der Waals surface area contributed by atoms with Crippen molar-refractivity contribution in [2.24, 2.45) is 0 Å². The predicted molar refractivity (Wildman–Crippen MR) is 150 cm³/mol. The SMILES string of the molecule is Cc1ccc(C(=O)N2CCC(c3ccc(Oc4cncnc4)cc3)CC2)cc1NS(=O)(=O)Cc1ccccc1. The summed E-state index contributed by atoms with van der Waals surface area (Å²) in [6.45, 7) is 3.09. The van der Waals surface area contributed by atoms with Crippen LogP contribution >= 0.6 is 0 Å². The van der Waals surface area contributed by atoms with E-state index >= 15 is 0 Å². The van der Waals surface area contributed by atoms with Gasteiger partial charge in [-0.05, 0) is 66.6 Å². The first kappa shape index (κ1) is 26.4. The van der Waals surface area contributed by atoms with Gasteiger partial charge in [-0.1, -0.05) is 48.5 Å². The third-order valence-corrected chi connectivity index (χ3v) is 8.10. The van der Waals surface area contributed by atoms with Crippen molar-refractivity contribution in [3.63, 3.8) is 0 Å². The fourth-order valence-electron chi connectivity index (χ4n) is 4.74. The predicted octanol–water partition coefficient (Wildman–Crippen LogP) is 5.54. The molecule has 0 bridgehead atoms. The van der Waals surface area contributed by atoms with Crippen LogP contribution in [0, 0.1) is 6.92 Å². The van der Waals surface area contributed by atoms with Crippen molar-refractivity contribution in [2.75, 3.05) is 17.8 Å². The summed E-state index contributed by atoms with van der Waals surface area (Å²) in [5, 5.41) is 0. The van der Waals surface area contributed by atoms with Gasteiger partial charge in [0.25, 0.3) is 5.91 Å². The van der Waals surface area contributed by atoms with Crippen molar-refractivity contribution < 1.29 is 17.9 Å². The van der Waals surface area contributed by atoms with E-state index in [9.17, 15) is 13.2 Å². The Kier molecular flexibility index (Phi) is 7.88. The maximum atomic E-state index is 13.3. The Hall–Kier alpha value is -4.24. The highest BCUT2D eigenvalue weighted by Crippen LogP contribution is 2.31. The first-order valence-electron chi connectivity index (χ1n) is 12.8. The van der Waals surface area contributed by atoms with E-state index in [0.29, 0.717) is 41.6 Å². The van der Waals surface area contributed by atoms with Crippen LogP contribution in [0.3, 0.4) is 0 Å². The molecule has 0 spiro atoms. The number of carbonyl (C=O) groups is 1. The molecular formula is C30H30N4O4S. The fourth-order valence-corrected chi connectivity index (χ4v) is 6.00. The van der Waals surface area contributed by atoms with Gasteiger partial charge in [0.15, 0.2) is 5.75 Å². The molecule has 2 heterocycles. The standard InChI is InChI=1S/C30H30N4O4S/c1-22-7-8-26(17-29(22)33-39(36,37)20-23-5-3-2-4-6-23)30(35)34-15-13-25(14-16-34)24-9-11-27(12-10-24)38-28-18-31-21-32-19-28/h2-12,17-19,21,25,33H,13-16,20H2,1H3. The Morgan fingerprint density at radius 1 is 0.949 bits per heavy atom. The molecule has 39 heavy (non-hydrogen) atoms. The molecule has 1 N–H and O–H groups in total. The van der Waals surface area contributed by atoms with Crippen molar-refractivity contribution in [1.82, 2.24) is 14.9 Å². The van der Waals surface area contributed by atoms with E-state index in [-0.39, 0.29) is 11.7 Å². The normalized spacial score (nSPS) is 14.1. The monoisotopic (exact) mass is 542 g/mol. The van der Waals surface area contributed by atoms with Crippen molar-refractivity contribution in [1.29, 1.82) is 0 Å². The third kappa shape index (κ3) is 6.80. The first-order chi connectivity index (χ1) is 18.9. The van der Waals surface area contributed by atoms with Gasteiger partial charge in [0.1, 0.15) is 12.1 Å². The molecule has 200 valence electrons. The van der Waals surface area contributed by atoms with Gasteiger partial charge in [-0.2, -0.15) is 0 Å². The lowest BCUT2D eigenvalue weighted by molar-refractivity contribution is 0.0713. The summed E-state index contributed by atoms with van der Waals surface area (Å²) < 4.78 is 34.0. The second-order valence-electron chi connectivity index (χ2n) is 9.69. The summed E-state index contributed by atoms with van der Waals surface area (Å²) in [5.41, 5.74) is 3.57. The molecule has 4 aromatic rings. The number of hydrogen-bond donors (Lipinski definition) is 1. The molecule has 0 unspecified atom stereocenters. The number of hydrogen-bond acceptors (Lipinski definition) is 6. The molecule has 0 atom stereocenters. The summed E-state index contributed by atoms with van der Waals surface area (Å²) in [5.74, 6) is 1.43. The number of amides is 1. The molecule has 1 aromatic heterocycles. The average Bonchev–Trinajstić information content (AvgIpc) is 2.95. The number of nitrogens with one attached hydrogen (secondary N) is 1. The van der Waals surface area contributed by atoms with Gasteiger partial charge in [0.05, 0.1) is 23.8 Å². The molecule has 5 rings (SSSR count). The highest BCUT2D eigenvalue weighted by atomic mass is 32.2. The van der Waals surface area contributed by atoms with Gasteiger partial charge in [0, 0.05) is 18.7 Å². The third-order valence-electron chi connectivity index (χ3n) is 6.86. The molecule has 1 saturated heterocycles. The minimum Gasteiger partial charge on any atom is -0.454 e. The van der Waals surface area contributed by atoms with Crippen molar-refractivity contribution in [2.45, 2.75) is 31.4 Å². The second-order valence-corrected chi connectivity index (χ2v) is 11.4. The number of nitrogens with zero attached hydrogens (tertiary/aromatic N) is 3. The largest absolute Gasteiger partial charge is 0.454 e. The van der Waals surface area contributed by atoms with Crippen LogP contribution in [-0.2, 0) is 15.8 Å². The van der Waals surface area contributed by atoms with Crippen LogP contribution in [0.15, 0.2) is 91.5 Å². The number of benzene rings is 3. The van der Waals surface area contributed by atoms with Crippen molar-refractivity contribution in [3.8, 4) is 11.5 Å². The maximum absolute atomic E-state index is 13.3. The van der Waals surface area contributed by atoms with Crippen molar-refractivity contribution in [3.05, 3.63) is 114 Å². The number of piperidine rings is 1.